The molecule has 0 aromatic carbocycles. The molecule has 1 fully saturated rings. The van der Waals surface area contributed by atoms with E-state index in [1.165, 1.54) is 0 Å². The Balaban J connectivity index is 0.00000361. The number of likely N-dealkylation sites (tertiary alicyclic amines) is 1. The number of halogens is 1. The van der Waals surface area contributed by atoms with Crippen molar-refractivity contribution in [3.63, 3.8) is 0 Å². The van der Waals surface area contributed by atoms with E-state index in [4.69, 9.17) is 4.74 Å². The van der Waals surface area contributed by atoms with Gasteiger partial charge in [0.05, 0.1) is 12.5 Å². The van der Waals surface area contributed by atoms with Gasteiger partial charge in [0, 0.05) is 0 Å². The summed E-state index contributed by atoms with van der Waals surface area (Å²) in [4.78, 5) is 13.9. The van der Waals surface area contributed by atoms with Crippen molar-refractivity contribution >= 4 is 5.97 Å². The third-order valence-corrected chi connectivity index (χ3v) is 3.60. The summed E-state index contributed by atoms with van der Waals surface area (Å²) in [5.41, 5.74) is 0. The number of carbonyl (C=O) groups is 1. The molecule has 20 heavy (non-hydrogen) atoms. The molecule has 1 aliphatic heterocycles. The van der Waals surface area contributed by atoms with E-state index < -0.39 is 6.17 Å². The maximum atomic E-state index is 13.3. The van der Waals surface area contributed by atoms with Gasteiger partial charge in [0.2, 0.25) is 0 Å². The third kappa shape index (κ3) is 6.17. The second kappa shape index (κ2) is 9.84. The quantitative estimate of drug-likeness (QED) is 0.424. The monoisotopic (exact) mass is 335 g/mol. The Morgan fingerprint density at radius 1 is 1.40 bits per heavy atom. The van der Waals surface area contributed by atoms with Gasteiger partial charge in [-0.2, -0.15) is 6.42 Å². The van der Waals surface area contributed by atoms with E-state index in [2.05, 4.69) is 18.7 Å². The Bertz CT molecular complexity index is 279. The fraction of sp³-hybridized carbons (Fsp3) is 0.800. The molecule has 5 heteroatoms. The van der Waals surface area contributed by atoms with Gasteiger partial charge >= 0.3 is 25.4 Å². The minimum Gasteiger partial charge on any atom is -0.465 e. The number of ether oxygens (including phenoxy) is 1. The first kappa shape index (κ1) is 20.0. The molecule has 1 saturated heterocycles. The molecule has 0 amide bonds. The summed E-state index contributed by atoms with van der Waals surface area (Å²) in [7, 11) is 0. The molecule has 0 N–H and O–H groups in total. The first-order valence-electron chi connectivity index (χ1n) is 7.12. The van der Waals surface area contributed by atoms with Crippen LogP contribution in [0.1, 0.15) is 33.1 Å². The fourth-order valence-corrected chi connectivity index (χ4v) is 2.43. The van der Waals surface area contributed by atoms with Crippen LogP contribution in [0, 0.1) is 25.7 Å². The Morgan fingerprint density at radius 3 is 2.35 bits per heavy atom. The van der Waals surface area contributed by atoms with Gasteiger partial charge in [-0.05, 0) is 44.1 Å². The average molecular weight is 337 g/mol. The Kier molecular flexibility index (Phi) is 9.83. The van der Waals surface area contributed by atoms with Gasteiger partial charge in [0.15, 0.2) is 0 Å². The number of hydrogen-bond donors (Lipinski definition) is 0. The van der Waals surface area contributed by atoms with Crippen LogP contribution in [0.15, 0.2) is 0 Å². The predicted octanol–water partition coefficient (Wildman–Crippen LogP) is 2.66. The molecular weight excluding hydrogens is 311 g/mol. The van der Waals surface area contributed by atoms with Crippen LogP contribution in [0.5, 0.6) is 0 Å². The van der Waals surface area contributed by atoms with Crippen LogP contribution in [0.25, 0.3) is 0 Å². The Hall–Kier alpha value is -0.0166. The normalized spacial score (nSPS) is 20.3. The Labute approximate surface area is 135 Å². The number of esters is 1. The molecule has 0 aliphatic carbocycles. The number of rotatable bonds is 6. The van der Waals surface area contributed by atoms with E-state index in [1.54, 1.807) is 0 Å². The molecule has 0 saturated carbocycles. The van der Waals surface area contributed by atoms with Crippen molar-refractivity contribution < 1.29 is 33.4 Å². The second-order valence-electron chi connectivity index (χ2n) is 5.71. The van der Waals surface area contributed by atoms with Gasteiger partial charge in [0.1, 0.15) is 0 Å². The van der Waals surface area contributed by atoms with Crippen molar-refractivity contribution in [2.24, 2.45) is 11.8 Å². The average Bonchev–Trinajstić information content (AvgIpc) is 2.37. The second-order valence-corrected chi connectivity index (χ2v) is 5.71. The minimum atomic E-state index is -1.12. The van der Waals surface area contributed by atoms with Crippen molar-refractivity contribution in [2.75, 3.05) is 19.7 Å². The Morgan fingerprint density at radius 2 is 1.95 bits per heavy atom. The van der Waals surface area contributed by atoms with Gasteiger partial charge < -0.3 is 23.5 Å². The molecule has 0 aromatic rings. The summed E-state index contributed by atoms with van der Waals surface area (Å²) >= 11 is 0. The van der Waals surface area contributed by atoms with Crippen LogP contribution >= 0.6 is 0 Å². The summed E-state index contributed by atoms with van der Waals surface area (Å²) in [6.07, 6.45) is 0.856. The maximum absolute atomic E-state index is 13.3. The van der Waals surface area contributed by atoms with Crippen molar-refractivity contribution in [3.05, 3.63) is 13.8 Å². The van der Waals surface area contributed by atoms with Crippen molar-refractivity contribution in [3.8, 4) is 0 Å². The fourth-order valence-electron chi connectivity index (χ4n) is 2.43. The largest absolute Gasteiger partial charge is 2.00 e. The van der Waals surface area contributed by atoms with Crippen LogP contribution in [-0.4, -0.2) is 42.8 Å². The zero-order valence-electron chi connectivity index (χ0n) is 12.8. The number of carbonyl (C=O) groups excluding carboxylic acids is 1. The molecule has 3 nitrogen and oxygen atoms in total. The van der Waals surface area contributed by atoms with E-state index in [-0.39, 0.29) is 37.4 Å². The first-order valence-corrected chi connectivity index (χ1v) is 7.12. The van der Waals surface area contributed by atoms with E-state index in [0.717, 1.165) is 25.9 Å². The topological polar surface area (TPSA) is 29.5 Å². The summed E-state index contributed by atoms with van der Waals surface area (Å²) < 4.78 is 18.6. The van der Waals surface area contributed by atoms with Crippen LogP contribution in [0.3, 0.4) is 0 Å². The maximum Gasteiger partial charge on any atom is 2.00 e. The predicted molar refractivity (Wildman–Crippen MR) is 74.1 cm³/mol. The van der Waals surface area contributed by atoms with Crippen molar-refractivity contribution in [1.29, 1.82) is 0 Å². The summed E-state index contributed by atoms with van der Waals surface area (Å²) in [6.45, 7) is 13.2. The van der Waals surface area contributed by atoms with E-state index >= 15 is 0 Å². The molecule has 0 aromatic heterocycles. The summed E-state index contributed by atoms with van der Waals surface area (Å²) in [5.74, 6) is 0.215. The van der Waals surface area contributed by atoms with E-state index in [0.29, 0.717) is 18.9 Å². The number of piperidine rings is 1. The van der Waals surface area contributed by atoms with E-state index in [9.17, 15) is 9.18 Å². The van der Waals surface area contributed by atoms with Crippen molar-refractivity contribution in [1.82, 2.24) is 4.90 Å². The molecule has 0 radical (unpaired) electrons. The minimum absolute atomic E-state index is 0. The van der Waals surface area contributed by atoms with Crippen LogP contribution in [0.4, 0.5) is 4.39 Å². The van der Waals surface area contributed by atoms with Crippen LogP contribution < -0.4 is 0 Å². The SMILES string of the molecule is [CH2-]CC(C([CH2-])F)N1CCC(C(=O)OCC(C)C)CC1.[Zn+2]. The molecule has 2 unspecified atom stereocenters. The zero-order chi connectivity index (χ0) is 14.4. The molecule has 0 spiro atoms. The van der Waals surface area contributed by atoms with Gasteiger partial charge in [-0.3, -0.25) is 9.18 Å². The smallest absolute Gasteiger partial charge is 0.465 e. The summed E-state index contributed by atoms with van der Waals surface area (Å²) in [6, 6.07) is -0.229. The molecule has 2 atom stereocenters. The van der Waals surface area contributed by atoms with Gasteiger partial charge in [-0.15, -0.1) is 0 Å². The van der Waals surface area contributed by atoms with Crippen LogP contribution in [0.2, 0.25) is 0 Å². The van der Waals surface area contributed by atoms with Gasteiger partial charge in [0.25, 0.3) is 0 Å². The van der Waals surface area contributed by atoms with E-state index in [1.807, 2.05) is 13.8 Å². The van der Waals surface area contributed by atoms with Gasteiger partial charge in [-0.1, -0.05) is 13.8 Å². The van der Waals surface area contributed by atoms with Gasteiger partial charge in [-0.25, -0.2) is 0 Å². The number of nitrogens with zero attached hydrogens (tertiary/aromatic N) is 1. The zero-order valence-corrected chi connectivity index (χ0v) is 15.8. The molecule has 1 rings (SSSR count). The standard InChI is InChI=1S/C15H26FNO2.Zn/c1-5-14(12(4)16)17-8-6-13(7-9-17)15(18)19-10-11(2)3;/h11-14H,1,4-10H2,2-3H3;/q-2;+2. The molecule has 112 valence electrons. The first-order chi connectivity index (χ1) is 8.95. The third-order valence-electron chi connectivity index (χ3n) is 3.60. The summed E-state index contributed by atoms with van der Waals surface area (Å²) in [5, 5.41) is 0. The molecule has 1 heterocycles. The molecule has 0 bridgehead atoms. The molecular formula is C15H26FNO2Zn. The van der Waals surface area contributed by atoms with Crippen LogP contribution in [-0.2, 0) is 29.0 Å². The number of alkyl halides is 1. The number of hydrogen-bond acceptors (Lipinski definition) is 3. The van der Waals surface area contributed by atoms with Crippen molar-refractivity contribution in [2.45, 2.75) is 45.3 Å². The molecule has 1 aliphatic rings.